The fraction of sp³-hybridized carbons (Fsp3) is 0.538. The van der Waals surface area contributed by atoms with Gasteiger partial charge in [0.05, 0.1) is 81.7 Å². The first-order valence-electron chi connectivity index (χ1n) is 31.8. The van der Waals surface area contributed by atoms with Crippen molar-refractivity contribution in [1.29, 1.82) is 0 Å². The van der Waals surface area contributed by atoms with Gasteiger partial charge in [0, 0.05) is 67.0 Å². The summed E-state index contributed by atoms with van der Waals surface area (Å²) in [6.45, 7) is 2.22. The molecule has 6 fully saturated rings. The van der Waals surface area contributed by atoms with E-state index in [-0.39, 0.29) is 130 Å². The number of methoxy groups -OCH3 is 2. The number of nitrogens with one attached hydrogen (secondary N) is 2. The van der Waals surface area contributed by atoms with Gasteiger partial charge in [0.25, 0.3) is 17.7 Å². The summed E-state index contributed by atoms with van der Waals surface area (Å²) in [4.78, 5) is 138. The molecule has 554 valence electrons. The number of hydrogen-bond acceptors (Lipinski definition) is 22. The summed E-state index contributed by atoms with van der Waals surface area (Å²) in [5.41, 5.74) is 7.73. The number of aliphatic imine (C=N–C) groups is 3. The molecule has 6 heterocycles. The Morgan fingerprint density at radius 2 is 0.833 bits per heavy atom. The van der Waals surface area contributed by atoms with Crippen molar-refractivity contribution in [2.75, 3.05) is 63.1 Å². The first kappa shape index (κ1) is 86.2. The number of nitrogens with two attached hydrogens (primary N) is 1. The molecule has 12 rings (SSSR count). The summed E-state index contributed by atoms with van der Waals surface area (Å²) in [6, 6.07) is 12.2. The fourth-order valence-corrected chi connectivity index (χ4v) is 14.4. The zero-order valence-corrected chi connectivity index (χ0v) is 63.4. The minimum absolute atomic E-state index is 0. The van der Waals surface area contributed by atoms with Crippen molar-refractivity contribution in [3.8, 4) is 0 Å². The van der Waals surface area contributed by atoms with Crippen LogP contribution in [0.25, 0.3) is 0 Å². The van der Waals surface area contributed by atoms with E-state index in [1.165, 1.54) is 43.6 Å². The normalized spacial score (nSPS) is 26.0. The third-order valence-electron chi connectivity index (χ3n) is 18.5. The number of carbonyl (C=O) groups excluding carboxylic acids is 8. The maximum absolute atomic E-state index is 13.3. The van der Waals surface area contributed by atoms with Crippen LogP contribution in [0.15, 0.2) is 69.6 Å². The summed E-state index contributed by atoms with van der Waals surface area (Å²) in [5.74, 6) is -1.48. The number of aliphatic hydroxyl groups excluding tert-OH is 1. The van der Waals surface area contributed by atoms with E-state index in [2.05, 4.69) is 46.3 Å². The molecule has 0 radical (unpaired) electrons. The molecule has 3 saturated heterocycles. The van der Waals surface area contributed by atoms with E-state index in [1.54, 1.807) is 119 Å². The molecule has 3 saturated carbocycles. The van der Waals surface area contributed by atoms with Gasteiger partial charge in [-0.3, -0.25) is 43.5 Å². The Hall–Kier alpha value is -6.40. The summed E-state index contributed by atoms with van der Waals surface area (Å²) < 4.78 is 9.99. The SMILES string of the molecule is C.CCO.CN1C(=O)N(Cc2ccc(Cl)c(Cl)c2)C(=O)C2C1N=C(Br)N2C.CN1C(=O)N(Cc2ccc(Cl)c(Cl)c2)C(=O)C2C1N=C(N[C@H]1CC[C@@H](C(=O)O)C1)N2C.COC(=O)[C@@H]1CC[C@H](N)C1.COC(=O)[C@@H]1CC[C@H](NC2=NC3C(C(=O)N(Cc4ccc(Cl)c(Cl)c4)C(=O)N3C)N2C)C1.[Li+].[OH-]. The smallest absolute Gasteiger partial charge is 0.870 e. The number of aliphatic carboxylic acids is 1. The second-order valence-corrected chi connectivity index (χ2v) is 28.2. The number of ether oxygens (including phenoxy) is 2. The number of esters is 2. The molecule has 0 aromatic heterocycles. The Morgan fingerprint density at radius 3 is 1.15 bits per heavy atom. The molecule has 12 atom stereocenters. The van der Waals surface area contributed by atoms with Crippen molar-refractivity contribution in [2.24, 2.45) is 38.5 Å². The average molecular weight is 1600 g/mol. The van der Waals surface area contributed by atoms with Crippen LogP contribution in [0.4, 0.5) is 14.4 Å². The molecule has 3 aliphatic carbocycles. The van der Waals surface area contributed by atoms with Crippen LogP contribution in [0.3, 0.4) is 0 Å². The Labute approximate surface area is 642 Å². The molecular weight excluding hydrogens is 1510 g/mol. The number of likely N-dealkylation sites (N-methyl/N-ethyl adjacent to an activating group) is 6. The number of carboxylic acid groups (broad SMARTS) is 1. The Balaban J connectivity index is 0.000000252. The maximum Gasteiger partial charge on any atom is 1.00 e. The Bertz CT molecular complexity index is 3700. The van der Waals surface area contributed by atoms with E-state index in [0.717, 1.165) is 37.7 Å². The number of urea groups is 3. The number of nitrogens with zero attached hydrogens (tertiary/aromatic N) is 12. The standard InChI is InChI=1S/C21H25Cl2N5O4.C20H23Cl2N5O4.C14H13BrCl2N4O2.C7H13NO2.C2H6O.CH4.Li.H2O/c1-26-16-17(25-20(26)24-13-6-5-12(9-13)19(30)32-3)27(2)21(31)28(18(16)29)10-11-4-7-14(22)15(23)8-11;1-25-15-16(24-19(25)23-12-5-4-11(8-12)18(29)30)26(2)20(31)27(17(15)28)9-10-3-6-13(21)14(22)7-10;1-19-10-11(18-13(19)15)20(2)14(23)21(12(10)22)6-7-3-4-8(16)9(17)5-7;1-10-7(9)5-2-3-6(8)4-5;1-2-3;;;/h4,7-8,12-13,16-17H,5-6,9-10H2,1-3H3,(H,24,25);3,6-7,11-12,15-16H,4-5,8-9H2,1-2H3,(H,23,24)(H,29,30);3-5,10-11H,6H2,1-2H3;5-6H,2-4,8H2,1H3;3H,2H2,1H3;1H4;;1H2/q;;;;;;+1;/p-1/t12-,13+,16?,17?;11-,12+,15?,16?;;5-,6+;;;;/m11.1..../s1. The maximum atomic E-state index is 13.3. The van der Waals surface area contributed by atoms with Gasteiger partial charge < -0.3 is 70.9 Å². The molecule has 9 aliphatic rings. The molecule has 9 amide bonds. The van der Waals surface area contributed by atoms with Crippen LogP contribution in [0.2, 0.25) is 30.1 Å². The van der Waals surface area contributed by atoms with Crippen LogP contribution in [-0.4, -0.2) is 248 Å². The van der Waals surface area contributed by atoms with E-state index in [9.17, 15) is 48.3 Å². The number of halogens is 7. The molecular formula is C65H85BrCl6LiN15O14. The summed E-state index contributed by atoms with van der Waals surface area (Å²) in [6.07, 6.45) is 4.87. The third-order valence-corrected chi connectivity index (χ3v) is 21.5. The van der Waals surface area contributed by atoms with Gasteiger partial charge >= 0.3 is 54.9 Å². The quantitative estimate of drug-likeness (QED) is 0.0950. The van der Waals surface area contributed by atoms with Crippen molar-refractivity contribution in [3.63, 3.8) is 0 Å². The molecule has 6 aliphatic heterocycles. The van der Waals surface area contributed by atoms with Gasteiger partial charge in [0.1, 0.15) is 0 Å². The second kappa shape index (κ2) is 37.5. The van der Waals surface area contributed by atoms with Gasteiger partial charge in [-0.05, 0) is 134 Å². The second-order valence-electron chi connectivity index (χ2n) is 25.1. The number of aliphatic hydroxyl groups is 1. The number of hydrogen-bond donors (Lipinski definition) is 5. The van der Waals surface area contributed by atoms with Crippen LogP contribution in [0.1, 0.15) is 88.8 Å². The van der Waals surface area contributed by atoms with Gasteiger partial charge in [-0.25, -0.2) is 29.4 Å². The van der Waals surface area contributed by atoms with Gasteiger partial charge in [-0.1, -0.05) is 95.2 Å². The number of amidine groups is 1. The Kier molecular flexibility index (Phi) is 31.7. The van der Waals surface area contributed by atoms with Crippen molar-refractivity contribution in [2.45, 2.75) is 147 Å². The van der Waals surface area contributed by atoms with E-state index in [1.807, 2.05) is 0 Å². The molecule has 0 bridgehead atoms. The summed E-state index contributed by atoms with van der Waals surface area (Å²) >= 11 is 39.3. The minimum atomic E-state index is -0.793. The monoisotopic (exact) mass is 1600 g/mol. The van der Waals surface area contributed by atoms with Crippen molar-refractivity contribution in [3.05, 3.63) is 101 Å². The summed E-state index contributed by atoms with van der Waals surface area (Å²) in [5, 5.41) is 25.7. The molecule has 7 N–H and O–H groups in total. The van der Waals surface area contributed by atoms with Gasteiger partial charge in [0.2, 0.25) is 0 Å². The van der Waals surface area contributed by atoms with E-state index in [4.69, 9.17) is 85.2 Å². The van der Waals surface area contributed by atoms with Gasteiger partial charge in [-0.15, -0.1) is 0 Å². The number of carbonyl (C=O) groups is 9. The number of rotatable bonds is 11. The molecule has 3 aromatic rings. The van der Waals surface area contributed by atoms with Crippen molar-refractivity contribution >= 4 is 156 Å². The van der Waals surface area contributed by atoms with E-state index in [0.29, 0.717) is 83.6 Å². The molecule has 29 nitrogen and oxygen atoms in total. The number of carboxylic acids is 1. The number of imide groups is 3. The minimum Gasteiger partial charge on any atom is -0.870 e. The van der Waals surface area contributed by atoms with Gasteiger partial charge in [0.15, 0.2) is 53.3 Å². The predicted octanol–water partition coefficient (Wildman–Crippen LogP) is 5.07. The third kappa shape index (κ3) is 19.4. The molecule has 102 heavy (non-hydrogen) atoms. The fourth-order valence-electron chi connectivity index (χ4n) is 13.0. The van der Waals surface area contributed by atoms with Crippen LogP contribution >= 0.6 is 85.5 Å². The van der Waals surface area contributed by atoms with E-state index < -0.39 is 54.7 Å². The molecule has 3 aromatic carbocycles. The average Bonchev–Trinajstić information content (AvgIpc) is 1.59. The zero-order chi connectivity index (χ0) is 72.8. The zero-order valence-electron chi connectivity index (χ0n) is 57.2. The van der Waals surface area contributed by atoms with Crippen LogP contribution in [0, 0.1) is 17.8 Å². The topological polar surface area (TPSA) is 359 Å². The summed E-state index contributed by atoms with van der Waals surface area (Å²) in [7, 11) is 13.0. The number of amides is 9. The van der Waals surface area contributed by atoms with Crippen LogP contribution in [-0.2, 0) is 57.9 Å². The largest absolute Gasteiger partial charge is 1.00 e. The Morgan fingerprint density at radius 1 is 0.520 bits per heavy atom. The number of benzene rings is 3. The van der Waals surface area contributed by atoms with Crippen molar-refractivity contribution < 1.29 is 87.2 Å². The first-order chi connectivity index (χ1) is 46.8. The molecule has 37 heteroatoms. The predicted molar refractivity (Wildman–Crippen MR) is 385 cm³/mol. The first-order valence-corrected chi connectivity index (χ1v) is 34.8. The van der Waals surface area contributed by atoms with E-state index >= 15 is 0 Å². The molecule has 0 spiro atoms. The van der Waals surface area contributed by atoms with Crippen molar-refractivity contribution in [1.82, 2.24) is 54.7 Å². The number of fused-ring (bicyclic) bond motifs is 3. The van der Waals surface area contributed by atoms with Crippen LogP contribution in [0.5, 0.6) is 0 Å². The molecule has 6 unspecified atom stereocenters. The van der Waals surface area contributed by atoms with Gasteiger partial charge in [-0.2, -0.15) is 0 Å². The van der Waals surface area contributed by atoms with Crippen LogP contribution < -0.4 is 35.2 Å². The number of guanidine groups is 2.